The van der Waals surface area contributed by atoms with Crippen LogP contribution in [-0.4, -0.2) is 31.1 Å². The summed E-state index contributed by atoms with van der Waals surface area (Å²) in [5.41, 5.74) is 0.890. The van der Waals surface area contributed by atoms with E-state index in [1.165, 1.54) is 15.5 Å². The number of para-hydroxylation sites is 1. The molecule has 1 N–H and O–H groups in total. The third kappa shape index (κ3) is 2.90. The molecule has 0 aliphatic heterocycles. The molecular weight excluding hydrogens is 318 g/mol. The SMILES string of the molecule is Cc1nc2c3ccccc3n(CC(=O)NC3CCCCC3)c(=O)n2n1. The molecule has 1 amide bonds. The number of aromatic nitrogens is 4. The number of nitrogens with zero attached hydrogens (tertiary/aromatic N) is 4. The minimum atomic E-state index is -0.340. The van der Waals surface area contributed by atoms with E-state index in [2.05, 4.69) is 15.4 Å². The zero-order valence-corrected chi connectivity index (χ0v) is 14.2. The predicted molar refractivity (Wildman–Crippen MR) is 94.5 cm³/mol. The maximum absolute atomic E-state index is 12.8. The zero-order valence-electron chi connectivity index (χ0n) is 14.2. The summed E-state index contributed by atoms with van der Waals surface area (Å²) in [5.74, 6) is 0.405. The first-order valence-electron chi connectivity index (χ1n) is 8.78. The summed E-state index contributed by atoms with van der Waals surface area (Å²) in [6.07, 6.45) is 5.57. The van der Waals surface area contributed by atoms with Gasteiger partial charge in [-0.3, -0.25) is 9.36 Å². The van der Waals surface area contributed by atoms with Crippen molar-refractivity contribution >= 4 is 22.5 Å². The van der Waals surface area contributed by atoms with Gasteiger partial charge in [0.1, 0.15) is 12.4 Å². The normalized spacial score (nSPS) is 15.7. The van der Waals surface area contributed by atoms with E-state index in [0.29, 0.717) is 17.0 Å². The second kappa shape index (κ2) is 6.31. The number of amides is 1. The molecule has 1 saturated carbocycles. The number of fused-ring (bicyclic) bond motifs is 3. The Kier molecular flexibility index (Phi) is 3.99. The Bertz CT molecular complexity index is 998. The minimum absolute atomic E-state index is 0.00923. The van der Waals surface area contributed by atoms with Crippen LogP contribution in [0.15, 0.2) is 29.1 Å². The fourth-order valence-corrected chi connectivity index (χ4v) is 3.65. The van der Waals surface area contributed by atoms with E-state index in [0.717, 1.165) is 31.1 Å². The highest BCUT2D eigenvalue weighted by Gasteiger charge is 2.19. The van der Waals surface area contributed by atoms with E-state index in [1.807, 2.05) is 24.3 Å². The second-order valence-electron chi connectivity index (χ2n) is 6.68. The van der Waals surface area contributed by atoms with Gasteiger partial charge in [0.2, 0.25) is 5.91 Å². The van der Waals surface area contributed by atoms with Crippen molar-refractivity contribution in [3.05, 3.63) is 40.6 Å². The number of aryl methyl sites for hydroxylation is 1. The van der Waals surface area contributed by atoms with Crippen molar-refractivity contribution in [2.45, 2.75) is 51.6 Å². The van der Waals surface area contributed by atoms with Gasteiger partial charge in [0.05, 0.1) is 5.52 Å². The zero-order chi connectivity index (χ0) is 17.4. The van der Waals surface area contributed by atoms with Crippen LogP contribution in [0.3, 0.4) is 0 Å². The van der Waals surface area contributed by atoms with Crippen molar-refractivity contribution in [3.63, 3.8) is 0 Å². The molecule has 1 aromatic carbocycles. The smallest absolute Gasteiger partial charge is 0.351 e. The molecule has 1 aliphatic carbocycles. The molecule has 2 aromatic heterocycles. The monoisotopic (exact) mass is 339 g/mol. The van der Waals surface area contributed by atoms with E-state index < -0.39 is 0 Å². The molecule has 2 heterocycles. The molecule has 7 nitrogen and oxygen atoms in total. The van der Waals surface area contributed by atoms with Crippen molar-refractivity contribution < 1.29 is 4.79 Å². The first-order valence-corrected chi connectivity index (χ1v) is 8.78. The molecule has 0 unspecified atom stereocenters. The summed E-state index contributed by atoms with van der Waals surface area (Å²) in [6, 6.07) is 7.71. The molecule has 0 spiro atoms. The van der Waals surface area contributed by atoms with Gasteiger partial charge in [-0.1, -0.05) is 31.4 Å². The van der Waals surface area contributed by atoms with Crippen LogP contribution in [0.2, 0.25) is 0 Å². The molecular formula is C18H21N5O2. The van der Waals surface area contributed by atoms with Gasteiger partial charge < -0.3 is 5.32 Å². The van der Waals surface area contributed by atoms with E-state index in [-0.39, 0.29) is 24.2 Å². The number of nitrogens with one attached hydrogen (secondary N) is 1. The van der Waals surface area contributed by atoms with Gasteiger partial charge in [-0.2, -0.15) is 4.52 Å². The average molecular weight is 339 g/mol. The Morgan fingerprint density at radius 3 is 2.80 bits per heavy atom. The highest BCUT2D eigenvalue weighted by Crippen LogP contribution is 2.18. The van der Waals surface area contributed by atoms with Crippen LogP contribution in [0, 0.1) is 6.92 Å². The number of carbonyl (C=O) groups excluding carboxylic acids is 1. The Morgan fingerprint density at radius 2 is 2.00 bits per heavy atom. The molecule has 1 fully saturated rings. The van der Waals surface area contributed by atoms with Gasteiger partial charge in [-0.25, -0.2) is 9.78 Å². The summed E-state index contributed by atoms with van der Waals surface area (Å²) >= 11 is 0. The summed E-state index contributed by atoms with van der Waals surface area (Å²) in [7, 11) is 0. The van der Waals surface area contributed by atoms with Gasteiger partial charge >= 0.3 is 5.69 Å². The van der Waals surface area contributed by atoms with Gasteiger partial charge in [0.25, 0.3) is 0 Å². The minimum Gasteiger partial charge on any atom is -0.352 e. The predicted octanol–water partition coefficient (Wildman–Crippen LogP) is 1.80. The topological polar surface area (TPSA) is 81.3 Å². The fraction of sp³-hybridized carbons (Fsp3) is 0.444. The van der Waals surface area contributed by atoms with Crippen molar-refractivity contribution in [2.24, 2.45) is 0 Å². The number of carbonyl (C=O) groups is 1. The van der Waals surface area contributed by atoms with Crippen molar-refractivity contribution in [1.29, 1.82) is 0 Å². The summed E-state index contributed by atoms with van der Waals surface area (Å²) in [4.78, 5) is 29.7. The molecule has 3 aromatic rings. The Balaban J connectivity index is 1.73. The molecule has 0 saturated heterocycles. The summed E-state index contributed by atoms with van der Waals surface area (Å²) < 4.78 is 2.76. The Hall–Kier alpha value is -2.70. The lowest BCUT2D eigenvalue weighted by atomic mass is 9.95. The van der Waals surface area contributed by atoms with Crippen molar-refractivity contribution in [2.75, 3.05) is 0 Å². The molecule has 0 bridgehead atoms. The van der Waals surface area contributed by atoms with E-state index in [9.17, 15) is 9.59 Å². The molecule has 130 valence electrons. The van der Waals surface area contributed by atoms with Crippen LogP contribution in [0.5, 0.6) is 0 Å². The van der Waals surface area contributed by atoms with Crippen LogP contribution in [0.1, 0.15) is 37.9 Å². The third-order valence-electron chi connectivity index (χ3n) is 4.83. The van der Waals surface area contributed by atoms with E-state index in [4.69, 9.17) is 0 Å². The standard InChI is InChI=1S/C18H21N5O2/c1-12-19-17-14-9-5-6-10-15(14)22(18(25)23(17)21-12)11-16(24)20-13-7-3-2-4-8-13/h5-6,9-10,13H,2-4,7-8,11H2,1H3,(H,20,24). The Morgan fingerprint density at radius 1 is 1.24 bits per heavy atom. The van der Waals surface area contributed by atoms with Gasteiger partial charge in [-0.05, 0) is 31.9 Å². The van der Waals surface area contributed by atoms with Crippen LogP contribution in [-0.2, 0) is 11.3 Å². The van der Waals surface area contributed by atoms with Crippen molar-refractivity contribution in [1.82, 2.24) is 24.5 Å². The quantitative estimate of drug-likeness (QED) is 0.789. The van der Waals surface area contributed by atoms with E-state index >= 15 is 0 Å². The number of hydrogen-bond donors (Lipinski definition) is 1. The molecule has 25 heavy (non-hydrogen) atoms. The van der Waals surface area contributed by atoms with Gasteiger partial charge in [0.15, 0.2) is 5.65 Å². The van der Waals surface area contributed by atoms with Crippen LogP contribution >= 0.6 is 0 Å². The number of benzene rings is 1. The highest BCUT2D eigenvalue weighted by atomic mass is 16.2. The van der Waals surface area contributed by atoms with Gasteiger partial charge in [-0.15, -0.1) is 5.10 Å². The molecule has 7 heteroatoms. The summed E-state index contributed by atoms with van der Waals surface area (Å²) in [6.45, 7) is 1.74. The first-order chi connectivity index (χ1) is 12.1. The lowest BCUT2D eigenvalue weighted by Crippen LogP contribution is -2.40. The molecule has 0 radical (unpaired) electrons. The van der Waals surface area contributed by atoms with Crippen LogP contribution < -0.4 is 11.0 Å². The molecule has 1 aliphatic rings. The maximum atomic E-state index is 12.8. The highest BCUT2D eigenvalue weighted by molar-refractivity contribution is 5.92. The van der Waals surface area contributed by atoms with Gasteiger partial charge in [0, 0.05) is 11.4 Å². The van der Waals surface area contributed by atoms with Crippen LogP contribution in [0.25, 0.3) is 16.6 Å². The average Bonchev–Trinajstić information content (AvgIpc) is 3.01. The Labute approximate surface area is 144 Å². The summed E-state index contributed by atoms with van der Waals surface area (Å²) in [5, 5.41) is 8.07. The maximum Gasteiger partial charge on any atom is 0.351 e. The lowest BCUT2D eigenvalue weighted by molar-refractivity contribution is -0.122. The fourth-order valence-electron chi connectivity index (χ4n) is 3.65. The van der Waals surface area contributed by atoms with Crippen LogP contribution in [0.4, 0.5) is 0 Å². The molecule has 0 atom stereocenters. The first kappa shape index (κ1) is 15.8. The second-order valence-corrected chi connectivity index (χ2v) is 6.68. The lowest BCUT2D eigenvalue weighted by Gasteiger charge is -2.23. The number of rotatable bonds is 3. The number of hydrogen-bond acceptors (Lipinski definition) is 4. The van der Waals surface area contributed by atoms with E-state index in [1.54, 1.807) is 6.92 Å². The van der Waals surface area contributed by atoms with Crippen molar-refractivity contribution in [3.8, 4) is 0 Å². The third-order valence-corrected chi connectivity index (χ3v) is 4.83. The molecule has 4 rings (SSSR count). The largest absolute Gasteiger partial charge is 0.352 e.